The van der Waals surface area contributed by atoms with Gasteiger partial charge in [-0.25, -0.2) is 4.68 Å². The first-order valence-electron chi connectivity index (χ1n) is 10.7. The first-order valence-corrected chi connectivity index (χ1v) is 10.7. The Morgan fingerprint density at radius 2 is 1.71 bits per heavy atom. The summed E-state index contributed by atoms with van der Waals surface area (Å²) in [6, 6.07) is 20.0. The number of para-hydroxylation sites is 1. The molecule has 5 heteroatoms. The van der Waals surface area contributed by atoms with Gasteiger partial charge in [-0.1, -0.05) is 24.3 Å². The minimum absolute atomic E-state index is 0.0542. The standard InChI is InChI=1S/C26H24N4O/c31-26(22-11-10-19-6-4-5-7-21(19)16-22)28-17-23-18-30(24-8-2-1-3-9-24)29-25(23)20-12-14-27-15-13-20/h1-3,8-16,18H,4-7,17H2,(H,28,31). The number of pyridine rings is 1. The van der Waals surface area contributed by atoms with Gasteiger partial charge in [-0.05, 0) is 73.2 Å². The number of amides is 1. The van der Waals surface area contributed by atoms with Gasteiger partial charge in [-0.3, -0.25) is 9.78 Å². The van der Waals surface area contributed by atoms with Gasteiger partial charge in [0, 0.05) is 41.8 Å². The van der Waals surface area contributed by atoms with E-state index in [9.17, 15) is 4.79 Å². The third-order valence-corrected chi connectivity index (χ3v) is 5.81. The van der Waals surface area contributed by atoms with Gasteiger partial charge in [-0.2, -0.15) is 5.10 Å². The molecule has 2 aromatic carbocycles. The molecule has 1 aliphatic carbocycles. The monoisotopic (exact) mass is 408 g/mol. The van der Waals surface area contributed by atoms with E-state index in [2.05, 4.69) is 22.4 Å². The van der Waals surface area contributed by atoms with E-state index in [4.69, 9.17) is 5.10 Å². The maximum Gasteiger partial charge on any atom is 0.251 e. The first-order chi connectivity index (χ1) is 15.3. The molecule has 0 saturated carbocycles. The van der Waals surface area contributed by atoms with Crippen molar-refractivity contribution >= 4 is 5.91 Å². The highest BCUT2D eigenvalue weighted by atomic mass is 16.1. The lowest BCUT2D eigenvalue weighted by Gasteiger charge is -2.16. The second kappa shape index (κ2) is 8.56. The van der Waals surface area contributed by atoms with E-state index in [1.54, 1.807) is 12.4 Å². The van der Waals surface area contributed by atoms with E-state index in [0.29, 0.717) is 6.54 Å². The SMILES string of the molecule is O=C(NCc1cn(-c2ccccc2)nc1-c1ccncc1)c1ccc2c(c1)CCCC2. The van der Waals surface area contributed by atoms with Crippen molar-refractivity contribution < 1.29 is 4.79 Å². The van der Waals surface area contributed by atoms with Gasteiger partial charge in [0.15, 0.2) is 0 Å². The summed E-state index contributed by atoms with van der Waals surface area (Å²) in [5, 5.41) is 7.89. The number of carbonyl (C=O) groups excluding carboxylic acids is 1. The van der Waals surface area contributed by atoms with Crippen LogP contribution in [-0.4, -0.2) is 20.7 Å². The fourth-order valence-electron chi connectivity index (χ4n) is 4.16. The van der Waals surface area contributed by atoms with Crippen LogP contribution in [0, 0.1) is 0 Å². The fourth-order valence-corrected chi connectivity index (χ4v) is 4.16. The molecule has 31 heavy (non-hydrogen) atoms. The van der Waals surface area contributed by atoms with E-state index in [1.807, 2.05) is 59.4 Å². The normalized spacial score (nSPS) is 12.9. The predicted molar refractivity (Wildman–Crippen MR) is 121 cm³/mol. The number of hydrogen-bond acceptors (Lipinski definition) is 3. The van der Waals surface area contributed by atoms with Crippen LogP contribution in [0.15, 0.2) is 79.3 Å². The number of carbonyl (C=O) groups is 1. The van der Waals surface area contributed by atoms with Crippen molar-refractivity contribution in [3.8, 4) is 16.9 Å². The third kappa shape index (κ3) is 4.12. The highest BCUT2D eigenvalue weighted by Crippen LogP contribution is 2.24. The van der Waals surface area contributed by atoms with Crippen molar-refractivity contribution in [2.75, 3.05) is 0 Å². The largest absolute Gasteiger partial charge is 0.348 e. The minimum Gasteiger partial charge on any atom is -0.348 e. The molecule has 154 valence electrons. The lowest BCUT2D eigenvalue weighted by atomic mass is 9.90. The summed E-state index contributed by atoms with van der Waals surface area (Å²) in [6.45, 7) is 0.403. The smallest absolute Gasteiger partial charge is 0.251 e. The molecule has 5 rings (SSSR count). The second-order valence-corrected chi connectivity index (χ2v) is 7.89. The summed E-state index contributed by atoms with van der Waals surface area (Å²) >= 11 is 0. The average molecular weight is 409 g/mol. The van der Waals surface area contributed by atoms with Crippen molar-refractivity contribution in [1.29, 1.82) is 0 Å². The molecule has 4 aromatic rings. The number of aryl methyl sites for hydroxylation is 2. The Labute approximate surface area is 181 Å². The van der Waals surface area contributed by atoms with Crippen LogP contribution >= 0.6 is 0 Å². The molecule has 0 atom stereocenters. The van der Waals surface area contributed by atoms with Crippen LogP contribution in [0.2, 0.25) is 0 Å². The molecule has 2 aromatic heterocycles. The van der Waals surface area contributed by atoms with Crippen molar-refractivity contribution in [2.24, 2.45) is 0 Å². The summed E-state index contributed by atoms with van der Waals surface area (Å²) < 4.78 is 1.86. The van der Waals surface area contributed by atoms with Crippen molar-refractivity contribution in [3.05, 3.63) is 102 Å². The topological polar surface area (TPSA) is 59.8 Å². The van der Waals surface area contributed by atoms with Gasteiger partial charge in [0.1, 0.15) is 0 Å². The molecule has 5 nitrogen and oxygen atoms in total. The summed E-state index contributed by atoms with van der Waals surface area (Å²) in [6.07, 6.45) is 10.1. The molecule has 0 unspecified atom stereocenters. The molecule has 1 N–H and O–H groups in total. The van der Waals surface area contributed by atoms with Crippen LogP contribution in [0.3, 0.4) is 0 Å². The number of aromatic nitrogens is 3. The Balaban J connectivity index is 1.40. The van der Waals surface area contributed by atoms with Crippen LogP contribution < -0.4 is 5.32 Å². The van der Waals surface area contributed by atoms with Gasteiger partial charge >= 0.3 is 0 Å². The summed E-state index contributed by atoms with van der Waals surface area (Å²) in [4.78, 5) is 17.0. The Bertz CT molecular complexity index is 1200. The quantitative estimate of drug-likeness (QED) is 0.519. The molecule has 0 aliphatic heterocycles. The number of nitrogens with one attached hydrogen (secondary N) is 1. The molecule has 0 fully saturated rings. The van der Waals surface area contributed by atoms with Crippen molar-refractivity contribution in [1.82, 2.24) is 20.1 Å². The van der Waals surface area contributed by atoms with E-state index >= 15 is 0 Å². The van der Waals surface area contributed by atoms with E-state index in [-0.39, 0.29) is 5.91 Å². The average Bonchev–Trinajstić information content (AvgIpc) is 3.28. The first kappa shape index (κ1) is 19.2. The van der Waals surface area contributed by atoms with Gasteiger partial charge in [-0.15, -0.1) is 0 Å². The maximum absolute atomic E-state index is 12.9. The summed E-state index contributed by atoms with van der Waals surface area (Å²) in [5.74, 6) is -0.0542. The molecule has 1 aliphatic rings. The van der Waals surface area contributed by atoms with Crippen molar-refractivity contribution in [3.63, 3.8) is 0 Å². The highest BCUT2D eigenvalue weighted by molar-refractivity contribution is 5.94. The van der Waals surface area contributed by atoms with Gasteiger partial charge in [0.2, 0.25) is 0 Å². The molecule has 1 amide bonds. The zero-order valence-corrected chi connectivity index (χ0v) is 17.3. The van der Waals surface area contributed by atoms with Crippen LogP contribution in [0.5, 0.6) is 0 Å². The Kier molecular flexibility index (Phi) is 5.31. The van der Waals surface area contributed by atoms with Crippen LogP contribution in [0.4, 0.5) is 0 Å². The molecular formula is C26H24N4O. The van der Waals surface area contributed by atoms with E-state index in [0.717, 1.165) is 40.9 Å². The zero-order chi connectivity index (χ0) is 21.0. The number of hydrogen-bond donors (Lipinski definition) is 1. The molecular weight excluding hydrogens is 384 g/mol. The Morgan fingerprint density at radius 3 is 2.52 bits per heavy atom. The van der Waals surface area contributed by atoms with Crippen LogP contribution in [0.25, 0.3) is 16.9 Å². The Morgan fingerprint density at radius 1 is 0.935 bits per heavy atom. The van der Waals surface area contributed by atoms with E-state index in [1.165, 1.54) is 24.0 Å². The van der Waals surface area contributed by atoms with Gasteiger partial charge < -0.3 is 5.32 Å². The molecule has 0 radical (unpaired) electrons. The maximum atomic E-state index is 12.9. The zero-order valence-electron chi connectivity index (χ0n) is 17.3. The summed E-state index contributed by atoms with van der Waals surface area (Å²) in [7, 11) is 0. The molecule has 0 spiro atoms. The number of benzene rings is 2. The minimum atomic E-state index is -0.0542. The fraction of sp³-hybridized carbons (Fsp3) is 0.192. The molecule has 0 bridgehead atoms. The number of rotatable bonds is 5. The molecule has 2 heterocycles. The lowest BCUT2D eigenvalue weighted by molar-refractivity contribution is 0.0951. The van der Waals surface area contributed by atoms with Crippen LogP contribution in [-0.2, 0) is 19.4 Å². The predicted octanol–water partition coefficient (Wildman–Crippen LogP) is 4.74. The summed E-state index contributed by atoms with van der Waals surface area (Å²) in [5.41, 5.74) is 7.17. The van der Waals surface area contributed by atoms with Crippen LogP contribution in [0.1, 0.15) is 39.9 Å². The van der Waals surface area contributed by atoms with Gasteiger partial charge in [0.05, 0.1) is 11.4 Å². The van der Waals surface area contributed by atoms with Crippen molar-refractivity contribution in [2.45, 2.75) is 32.2 Å². The number of nitrogens with zero attached hydrogens (tertiary/aromatic N) is 3. The number of fused-ring (bicyclic) bond motifs is 1. The van der Waals surface area contributed by atoms with E-state index < -0.39 is 0 Å². The highest BCUT2D eigenvalue weighted by Gasteiger charge is 2.16. The Hall–Kier alpha value is -3.73. The third-order valence-electron chi connectivity index (χ3n) is 5.81. The second-order valence-electron chi connectivity index (χ2n) is 7.89. The van der Waals surface area contributed by atoms with Gasteiger partial charge in [0.25, 0.3) is 5.91 Å². The molecule has 0 saturated heterocycles. The lowest BCUT2D eigenvalue weighted by Crippen LogP contribution is -2.23.